The van der Waals surface area contributed by atoms with Gasteiger partial charge in [-0.15, -0.1) is 0 Å². The van der Waals surface area contributed by atoms with E-state index in [4.69, 9.17) is 4.74 Å². The van der Waals surface area contributed by atoms with Crippen LogP contribution in [-0.2, 0) is 9.84 Å². The molecule has 0 amide bonds. The third-order valence-corrected chi connectivity index (χ3v) is 4.16. The quantitative estimate of drug-likeness (QED) is 0.735. The topological polar surface area (TPSA) is 69.2 Å². The highest BCUT2D eigenvalue weighted by atomic mass is 32.2. The van der Waals surface area contributed by atoms with Crippen molar-refractivity contribution in [3.63, 3.8) is 0 Å². The highest BCUT2D eigenvalue weighted by molar-refractivity contribution is 7.90. The maximum Gasteiger partial charge on any atom is 0.230 e. The molecule has 0 saturated carbocycles. The van der Waals surface area contributed by atoms with Gasteiger partial charge in [0.1, 0.15) is 23.7 Å². The summed E-state index contributed by atoms with van der Waals surface area (Å²) in [5, 5.41) is 0.320. The van der Waals surface area contributed by atoms with Gasteiger partial charge in [-0.25, -0.2) is 27.2 Å². The second-order valence-electron chi connectivity index (χ2n) is 4.84. The summed E-state index contributed by atoms with van der Waals surface area (Å²) in [6.45, 7) is 0. The number of nitrogens with zero attached hydrogens (tertiary/aromatic N) is 2. The Kier molecular flexibility index (Phi) is 3.69. The van der Waals surface area contributed by atoms with E-state index in [9.17, 15) is 17.2 Å². The van der Waals surface area contributed by atoms with Crippen LogP contribution in [0, 0.1) is 11.6 Å². The largest absolute Gasteiger partial charge is 0.438 e. The number of aromatic nitrogens is 2. The van der Waals surface area contributed by atoms with Gasteiger partial charge in [-0.2, -0.15) is 0 Å². The molecule has 1 heterocycles. The number of ether oxygens (including phenoxy) is 1. The van der Waals surface area contributed by atoms with Crippen LogP contribution in [-0.4, -0.2) is 24.6 Å². The fourth-order valence-corrected chi connectivity index (χ4v) is 2.67. The first-order chi connectivity index (χ1) is 10.8. The van der Waals surface area contributed by atoms with E-state index in [1.807, 2.05) is 0 Å². The summed E-state index contributed by atoms with van der Waals surface area (Å²) in [5.41, 5.74) is 0.444. The Morgan fingerprint density at radius 3 is 2.35 bits per heavy atom. The highest BCUT2D eigenvalue weighted by Crippen LogP contribution is 2.29. The molecule has 5 nitrogen and oxygen atoms in total. The lowest BCUT2D eigenvalue weighted by atomic mass is 10.2. The lowest BCUT2D eigenvalue weighted by molar-refractivity contribution is 0.456. The number of hydrogen-bond acceptors (Lipinski definition) is 5. The highest BCUT2D eigenvalue weighted by Gasteiger charge is 2.13. The molecule has 0 aliphatic carbocycles. The van der Waals surface area contributed by atoms with Crippen molar-refractivity contribution in [3.8, 4) is 11.6 Å². The van der Waals surface area contributed by atoms with Gasteiger partial charge < -0.3 is 4.74 Å². The van der Waals surface area contributed by atoms with Crippen LogP contribution in [0.25, 0.3) is 10.9 Å². The van der Waals surface area contributed by atoms with Crippen molar-refractivity contribution in [2.24, 2.45) is 0 Å². The molecular formula is C15H10F2N2O3S. The second kappa shape index (κ2) is 5.54. The van der Waals surface area contributed by atoms with Crippen LogP contribution in [0.5, 0.6) is 11.6 Å². The Hall–Kier alpha value is -2.61. The summed E-state index contributed by atoms with van der Waals surface area (Å²) in [6, 6.07) is 6.99. The van der Waals surface area contributed by atoms with Crippen molar-refractivity contribution in [3.05, 3.63) is 54.4 Å². The maximum atomic E-state index is 13.2. The molecule has 3 rings (SSSR count). The van der Waals surface area contributed by atoms with Crippen LogP contribution >= 0.6 is 0 Å². The van der Waals surface area contributed by atoms with Crippen LogP contribution in [0.3, 0.4) is 0 Å². The van der Waals surface area contributed by atoms with E-state index in [-0.39, 0.29) is 16.5 Å². The van der Waals surface area contributed by atoms with E-state index in [1.165, 1.54) is 24.5 Å². The Labute approximate surface area is 130 Å². The van der Waals surface area contributed by atoms with Gasteiger partial charge in [0.05, 0.1) is 15.8 Å². The fourth-order valence-electron chi connectivity index (χ4n) is 2.02. The smallest absolute Gasteiger partial charge is 0.230 e. The fraction of sp³-hybridized carbons (Fsp3) is 0.0667. The van der Waals surface area contributed by atoms with E-state index in [0.717, 1.165) is 18.4 Å². The molecule has 0 atom stereocenters. The molecule has 0 saturated heterocycles. The predicted molar refractivity (Wildman–Crippen MR) is 79.1 cm³/mol. The molecule has 0 N–H and O–H groups in total. The minimum atomic E-state index is -3.43. The lowest BCUT2D eigenvalue weighted by Crippen LogP contribution is -1.98. The summed E-state index contributed by atoms with van der Waals surface area (Å²) in [5.74, 6) is -1.68. The van der Waals surface area contributed by atoms with Gasteiger partial charge in [0.15, 0.2) is 9.84 Å². The molecule has 23 heavy (non-hydrogen) atoms. The Balaban J connectivity index is 2.13. The first-order valence-electron chi connectivity index (χ1n) is 6.42. The summed E-state index contributed by atoms with van der Waals surface area (Å²) < 4.78 is 55.2. The first-order valence-corrected chi connectivity index (χ1v) is 8.31. The molecule has 2 aromatic carbocycles. The summed E-state index contributed by atoms with van der Waals surface area (Å²) in [7, 11) is -3.43. The van der Waals surface area contributed by atoms with Crippen molar-refractivity contribution >= 4 is 20.7 Å². The SMILES string of the molecule is CS(=O)(=O)c1ccc2ncnc(Oc3cc(F)cc(F)c3)c2c1. The van der Waals surface area contributed by atoms with E-state index >= 15 is 0 Å². The van der Waals surface area contributed by atoms with Crippen molar-refractivity contribution in [1.82, 2.24) is 9.97 Å². The lowest BCUT2D eigenvalue weighted by Gasteiger charge is -2.08. The zero-order valence-electron chi connectivity index (χ0n) is 11.8. The van der Waals surface area contributed by atoms with Crippen LogP contribution in [0.15, 0.2) is 47.6 Å². The number of rotatable bonds is 3. The number of hydrogen-bond donors (Lipinski definition) is 0. The monoisotopic (exact) mass is 336 g/mol. The zero-order chi connectivity index (χ0) is 16.6. The van der Waals surface area contributed by atoms with Crippen molar-refractivity contribution < 1.29 is 21.9 Å². The molecule has 8 heteroatoms. The average molecular weight is 336 g/mol. The van der Waals surface area contributed by atoms with E-state index in [0.29, 0.717) is 17.0 Å². The van der Waals surface area contributed by atoms with Crippen LogP contribution in [0.1, 0.15) is 0 Å². The van der Waals surface area contributed by atoms with Gasteiger partial charge in [-0.05, 0) is 18.2 Å². The molecule has 0 radical (unpaired) electrons. The number of halogens is 2. The van der Waals surface area contributed by atoms with Crippen molar-refractivity contribution in [2.45, 2.75) is 4.90 Å². The van der Waals surface area contributed by atoms with Gasteiger partial charge >= 0.3 is 0 Å². The summed E-state index contributed by atoms with van der Waals surface area (Å²) >= 11 is 0. The maximum absolute atomic E-state index is 13.2. The average Bonchev–Trinajstić information content (AvgIpc) is 2.45. The van der Waals surface area contributed by atoms with Crippen molar-refractivity contribution in [1.29, 1.82) is 0 Å². The molecule has 3 aromatic rings. The Morgan fingerprint density at radius 1 is 1.00 bits per heavy atom. The molecule has 1 aromatic heterocycles. The summed E-state index contributed by atoms with van der Waals surface area (Å²) in [6.07, 6.45) is 2.29. The molecular weight excluding hydrogens is 326 g/mol. The molecule has 0 unspecified atom stereocenters. The number of benzene rings is 2. The Morgan fingerprint density at radius 2 is 1.70 bits per heavy atom. The first kappa shape index (κ1) is 15.3. The minimum Gasteiger partial charge on any atom is -0.438 e. The van der Waals surface area contributed by atoms with E-state index < -0.39 is 21.5 Å². The normalized spacial score (nSPS) is 11.6. The Bertz CT molecular complexity index is 987. The second-order valence-corrected chi connectivity index (χ2v) is 6.85. The predicted octanol–water partition coefficient (Wildman–Crippen LogP) is 3.10. The van der Waals surface area contributed by atoms with Gasteiger partial charge in [0.2, 0.25) is 5.88 Å². The van der Waals surface area contributed by atoms with E-state index in [1.54, 1.807) is 0 Å². The molecule has 118 valence electrons. The summed E-state index contributed by atoms with van der Waals surface area (Å²) in [4.78, 5) is 7.98. The number of fused-ring (bicyclic) bond motifs is 1. The van der Waals surface area contributed by atoms with E-state index in [2.05, 4.69) is 9.97 Å². The van der Waals surface area contributed by atoms with Crippen LogP contribution < -0.4 is 4.74 Å². The van der Waals surface area contributed by atoms with Gasteiger partial charge in [-0.1, -0.05) is 0 Å². The molecule has 0 spiro atoms. The third-order valence-electron chi connectivity index (χ3n) is 3.05. The molecule has 0 fully saturated rings. The van der Waals surface area contributed by atoms with Gasteiger partial charge in [0, 0.05) is 24.5 Å². The van der Waals surface area contributed by atoms with Gasteiger partial charge in [0.25, 0.3) is 0 Å². The number of sulfone groups is 1. The standard InChI is InChI=1S/C15H10F2N2O3S/c1-23(20,21)12-2-3-14-13(7-12)15(19-8-18-14)22-11-5-9(16)4-10(17)6-11/h2-8H,1H3. The van der Waals surface area contributed by atoms with Gasteiger partial charge in [-0.3, -0.25) is 0 Å². The minimum absolute atomic E-state index is 0.00509. The molecule has 0 bridgehead atoms. The third kappa shape index (κ3) is 3.26. The van der Waals surface area contributed by atoms with Crippen LogP contribution in [0.2, 0.25) is 0 Å². The zero-order valence-corrected chi connectivity index (χ0v) is 12.6. The molecule has 0 aliphatic rings. The molecule has 0 aliphatic heterocycles. The van der Waals surface area contributed by atoms with Crippen molar-refractivity contribution in [2.75, 3.05) is 6.26 Å². The van der Waals surface area contributed by atoms with Crippen LogP contribution in [0.4, 0.5) is 8.78 Å².